The Hall–Kier alpha value is -0.770. The van der Waals surface area contributed by atoms with Gasteiger partial charge in [0.15, 0.2) is 0 Å². The quantitative estimate of drug-likeness (QED) is 0.772. The van der Waals surface area contributed by atoms with Gasteiger partial charge in [-0.1, -0.05) is 0 Å². The fraction of sp³-hybridized carbons (Fsp3) is 0.917. The number of carbonyl (C=O) groups excluding carboxylic acids is 1. The van der Waals surface area contributed by atoms with Crippen LogP contribution in [0, 0.1) is 11.8 Å². The van der Waals surface area contributed by atoms with E-state index >= 15 is 0 Å². The van der Waals surface area contributed by atoms with Gasteiger partial charge in [0.25, 0.3) is 0 Å². The molecule has 0 heterocycles. The van der Waals surface area contributed by atoms with Crippen molar-refractivity contribution in [3.8, 4) is 0 Å². The summed E-state index contributed by atoms with van der Waals surface area (Å²) in [6.07, 6.45) is 5.00. The van der Waals surface area contributed by atoms with E-state index in [0.29, 0.717) is 11.8 Å². The minimum absolute atomic E-state index is 0.438. The molecular formula is C12H24N2O2. The van der Waals surface area contributed by atoms with Gasteiger partial charge in [0, 0.05) is 0 Å². The van der Waals surface area contributed by atoms with Crippen molar-refractivity contribution < 1.29 is 9.53 Å². The third-order valence-electron chi connectivity index (χ3n) is 3.46. The van der Waals surface area contributed by atoms with Crippen LogP contribution in [0.25, 0.3) is 0 Å². The van der Waals surface area contributed by atoms with E-state index in [9.17, 15) is 4.79 Å². The first kappa shape index (κ1) is 13.3. The van der Waals surface area contributed by atoms with Crippen molar-refractivity contribution in [3.63, 3.8) is 0 Å². The van der Waals surface area contributed by atoms with E-state index in [1.54, 1.807) is 0 Å². The van der Waals surface area contributed by atoms with Gasteiger partial charge >= 0.3 is 6.09 Å². The molecule has 4 N–H and O–H groups in total. The fourth-order valence-corrected chi connectivity index (χ4v) is 2.68. The van der Waals surface area contributed by atoms with Gasteiger partial charge in [-0.2, -0.15) is 0 Å². The predicted octanol–water partition coefficient (Wildman–Crippen LogP) is 2.02. The highest BCUT2D eigenvalue weighted by Crippen LogP contribution is 2.34. The van der Waals surface area contributed by atoms with Crippen molar-refractivity contribution >= 4 is 6.09 Å². The number of hydrogen-bond acceptors (Lipinski definition) is 3. The Morgan fingerprint density at radius 1 is 1.25 bits per heavy atom. The summed E-state index contributed by atoms with van der Waals surface area (Å²) in [5, 5.41) is 0. The molecule has 1 amide bonds. The molecule has 16 heavy (non-hydrogen) atoms. The zero-order valence-corrected chi connectivity index (χ0v) is 10.4. The molecule has 0 aromatic heterocycles. The van der Waals surface area contributed by atoms with Crippen molar-refractivity contribution in [2.75, 3.05) is 6.54 Å². The number of amides is 1. The molecule has 0 atom stereocenters. The minimum atomic E-state index is -0.680. The molecule has 4 nitrogen and oxygen atoms in total. The number of ether oxygens (including phenoxy) is 1. The Balaban J connectivity index is 2.35. The molecule has 0 radical (unpaired) electrons. The van der Waals surface area contributed by atoms with Crippen LogP contribution in [0.1, 0.15) is 46.0 Å². The summed E-state index contributed by atoms with van der Waals surface area (Å²) in [5.74, 6) is 1.33. The maximum absolute atomic E-state index is 10.7. The summed E-state index contributed by atoms with van der Waals surface area (Å²) in [6.45, 7) is 4.65. The van der Waals surface area contributed by atoms with Gasteiger partial charge < -0.3 is 16.2 Å². The summed E-state index contributed by atoms with van der Waals surface area (Å²) in [4.78, 5) is 10.7. The van der Waals surface area contributed by atoms with E-state index in [0.717, 1.165) is 13.0 Å². The van der Waals surface area contributed by atoms with Crippen LogP contribution in [0.5, 0.6) is 0 Å². The lowest BCUT2D eigenvalue weighted by molar-refractivity contribution is 0.0200. The molecule has 0 aromatic rings. The molecule has 1 aliphatic carbocycles. The fourth-order valence-electron chi connectivity index (χ4n) is 2.68. The van der Waals surface area contributed by atoms with Gasteiger partial charge in [-0.3, -0.25) is 0 Å². The van der Waals surface area contributed by atoms with Crippen molar-refractivity contribution in [1.29, 1.82) is 0 Å². The van der Waals surface area contributed by atoms with E-state index in [4.69, 9.17) is 16.2 Å². The highest BCUT2D eigenvalue weighted by Gasteiger charge is 2.29. The molecule has 4 heteroatoms. The molecule has 1 fully saturated rings. The number of nitrogens with two attached hydrogens (primary N) is 2. The Kier molecular flexibility index (Phi) is 4.59. The molecule has 0 saturated heterocycles. The van der Waals surface area contributed by atoms with E-state index in [1.165, 1.54) is 25.7 Å². The van der Waals surface area contributed by atoms with Gasteiger partial charge in [0.1, 0.15) is 5.60 Å². The molecule has 1 saturated carbocycles. The standard InChI is InChI=1S/C12H24N2O2/c1-12(2,16-11(14)15)7-9-3-5-10(8-13)6-4-9/h9-10H,3-8,13H2,1-2H3,(H2,14,15). The van der Waals surface area contributed by atoms with Gasteiger partial charge in [-0.05, 0) is 64.3 Å². The lowest BCUT2D eigenvalue weighted by atomic mass is 9.77. The third-order valence-corrected chi connectivity index (χ3v) is 3.46. The molecule has 1 aliphatic rings. The first-order valence-corrected chi connectivity index (χ1v) is 6.11. The van der Waals surface area contributed by atoms with E-state index in [-0.39, 0.29) is 0 Å². The molecule has 0 aliphatic heterocycles. The van der Waals surface area contributed by atoms with Crippen LogP contribution < -0.4 is 11.5 Å². The highest BCUT2D eigenvalue weighted by atomic mass is 16.6. The van der Waals surface area contributed by atoms with Crippen LogP contribution in [0.3, 0.4) is 0 Å². The molecular weight excluding hydrogens is 204 g/mol. The topological polar surface area (TPSA) is 78.3 Å². The first-order valence-electron chi connectivity index (χ1n) is 6.11. The second-order valence-corrected chi connectivity index (χ2v) is 5.51. The zero-order valence-electron chi connectivity index (χ0n) is 10.4. The Labute approximate surface area is 97.7 Å². The first-order chi connectivity index (χ1) is 7.43. The average molecular weight is 228 g/mol. The summed E-state index contributed by atoms with van der Waals surface area (Å²) in [5.41, 5.74) is 10.3. The summed E-state index contributed by atoms with van der Waals surface area (Å²) in [7, 11) is 0. The molecule has 0 unspecified atom stereocenters. The van der Waals surface area contributed by atoms with Crippen LogP contribution in [0.4, 0.5) is 4.79 Å². The Morgan fingerprint density at radius 2 is 1.75 bits per heavy atom. The third kappa shape index (κ3) is 4.39. The lowest BCUT2D eigenvalue weighted by Crippen LogP contribution is -2.34. The van der Waals surface area contributed by atoms with Crippen molar-refractivity contribution in [2.24, 2.45) is 23.3 Å². The lowest BCUT2D eigenvalue weighted by Gasteiger charge is -2.33. The monoisotopic (exact) mass is 228 g/mol. The van der Waals surface area contributed by atoms with E-state index < -0.39 is 11.7 Å². The van der Waals surface area contributed by atoms with E-state index in [1.807, 2.05) is 13.8 Å². The minimum Gasteiger partial charge on any atom is -0.444 e. The predicted molar refractivity (Wildman–Crippen MR) is 63.9 cm³/mol. The molecule has 94 valence electrons. The highest BCUT2D eigenvalue weighted by molar-refractivity contribution is 5.65. The van der Waals surface area contributed by atoms with Crippen molar-refractivity contribution in [1.82, 2.24) is 0 Å². The van der Waals surface area contributed by atoms with Gasteiger partial charge in [-0.25, -0.2) is 4.79 Å². The number of rotatable bonds is 4. The smallest absolute Gasteiger partial charge is 0.405 e. The van der Waals surface area contributed by atoms with Crippen LogP contribution in [0.2, 0.25) is 0 Å². The van der Waals surface area contributed by atoms with Gasteiger partial charge in [0.2, 0.25) is 0 Å². The van der Waals surface area contributed by atoms with Gasteiger partial charge in [0.05, 0.1) is 0 Å². The van der Waals surface area contributed by atoms with Crippen LogP contribution in [-0.2, 0) is 4.74 Å². The molecule has 1 rings (SSSR count). The molecule has 0 spiro atoms. The molecule has 0 aromatic carbocycles. The largest absolute Gasteiger partial charge is 0.444 e. The van der Waals surface area contributed by atoms with E-state index in [2.05, 4.69) is 0 Å². The second-order valence-electron chi connectivity index (χ2n) is 5.51. The Morgan fingerprint density at radius 3 is 2.19 bits per heavy atom. The van der Waals surface area contributed by atoms with Crippen LogP contribution in [-0.4, -0.2) is 18.2 Å². The second kappa shape index (κ2) is 5.53. The van der Waals surface area contributed by atoms with Crippen LogP contribution >= 0.6 is 0 Å². The molecule has 0 bridgehead atoms. The summed E-state index contributed by atoms with van der Waals surface area (Å²) in [6, 6.07) is 0. The number of primary amides is 1. The summed E-state index contributed by atoms with van der Waals surface area (Å²) < 4.78 is 5.11. The number of carbonyl (C=O) groups is 1. The van der Waals surface area contributed by atoms with Crippen molar-refractivity contribution in [3.05, 3.63) is 0 Å². The van der Waals surface area contributed by atoms with Crippen molar-refractivity contribution in [2.45, 2.75) is 51.6 Å². The summed E-state index contributed by atoms with van der Waals surface area (Å²) >= 11 is 0. The number of hydrogen-bond donors (Lipinski definition) is 2. The van der Waals surface area contributed by atoms with Crippen LogP contribution in [0.15, 0.2) is 0 Å². The Bertz CT molecular complexity index is 233. The maximum Gasteiger partial charge on any atom is 0.405 e. The normalized spacial score (nSPS) is 26.4. The SMILES string of the molecule is CC(C)(CC1CCC(CN)CC1)OC(N)=O. The maximum atomic E-state index is 10.7. The van der Waals surface area contributed by atoms with Gasteiger partial charge in [-0.15, -0.1) is 0 Å². The zero-order chi connectivity index (χ0) is 12.2. The average Bonchev–Trinajstić information content (AvgIpc) is 2.16.